The average molecular weight is 317 g/mol. The number of benzene rings is 1. The van der Waals surface area contributed by atoms with Gasteiger partial charge < -0.3 is 5.73 Å². The van der Waals surface area contributed by atoms with Crippen molar-refractivity contribution in [2.24, 2.45) is 17.6 Å². The third kappa shape index (κ3) is 3.74. The molecule has 1 saturated heterocycles. The van der Waals surface area contributed by atoms with Crippen LogP contribution in [-0.4, -0.2) is 24.0 Å². The lowest BCUT2D eigenvalue weighted by Gasteiger charge is -2.29. The Morgan fingerprint density at radius 2 is 1.86 bits per heavy atom. The first-order chi connectivity index (χ1) is 9.63. The lowest BCUT2D eigenvalue weighted by atomic mass is 9.78. The molecule has 21 heavy (non-hydrogen) atoms. The molecule has 2 nitrogen and oxygen atoms in total. The van der Waals surface area contributed by atoms with Gasteiger partial charge in [-0.05, 0) is 30.2 Å². The molecule has 2 N–H and O–H groups in total. The van der Waals surface area contributed by atoms with Gasteiger partial charge in [-0.1, -0.05) is 30.7 Å². The van der Waals surface area contributed by atoms with Gasteiger partial charge in [-0.2, -0.15) is 0 Å². The van der Waals surface area contributed by atoms with Crippen LogP contribution in [0.1, 0.15) is 36.8 Å². The fourth-order valence-corrected chi connectivity index (χ4v) is 3.76. The zero-order chi connectivity index (χ0) is 14.1. The number of hydrogen-bond donors (Lipinski definition) is 1. The lowest BCUT2D eigenvalue weighted by molar-refractivity contribution is 0.151. The molecule has 1 aromatic carbocycles. The van der Waals surface area contributed by atoms with Gasteiger partial charge in [-0.3, -0.25) is 4.90 Å². The van der Waals surface area contributed by atoms with Crippen LogP contribution < -0.4 is 5.73 Å². The van der Waals surface area contributed by atoms with Crippen LogP contribution in [0.3, 0.4) is 0 Å². The molecular weight excluding hydrogens is 294 g/mol. The standard InChI is InChI=1S/C16H22F2N2.ClH/c17-16(18)12-6-4-11(5-7-12)8-20-9-13-2-1-3-15(19)14(13)10-20;/h4-7,13-16H,1-3,8-10,19H2;1H. The molecule has 1 aliphatic carbocycles. The Morgan fingerprint density at radius 3 is 2.48 bits per heavy atom. The van der Waals surface area contributed by atoms with Crippen molar-refractivity contribution >= 4 is 12.4 Å². The van der Waals surface area contributed by atoms with Gasteiger partial charge in [0.1, 0.15) is 0 Å². The molecule has 2 fully saturated rings. The van der Waals surface area contributed by atoms with Crippen molar-refractivity contribution in [3.05, 3.63) is 35.4 Å². The van der Waals surface area contributed by atoms with Crippen LogP contribution in [0.5, 0.6) is 0 Å². The van der Waals surface area contributed by atoms with Crippen molar-refractivity contribution in [2.75, 3.05) is 13.1 Å². The van der Waals surface area contributed by atoms with E-state index in [1.54, 1.807) is 0 Å². The summed E-state index contributed by atoms with van der Waals surface area (Å²) in [4.78, 5) is 2.43. The third-order valence-corrected chi connectivity index (χ3v) is 4.87. The predicted octanol–water partition coefficient (Wildman–Crippen LogP) is 3.61. The normalized spacial score (nSPS) is 29.2. The maximum absolute atomic E-state index is 12.5. The fraction of sp³-hybridized carbons (Fsp3) is 0.625. The largest absolute Gasteiger partial charge is 0.327 e. The van der Waals surface area contributed by atoms with Crippen LogP contribution in [0.25, 0.3) is 0 Å². The predicted molar refractivity (Wildman–Crippen MR) is 82.7 cm³/mol. The highest BCUT2D eigenvalue weighted by Gasteiger charge is 2.38. The summed E-state index contributed by atoms with van der Waals surface area (Å²) in [5.74, 6) is 1.36. The van der Waals surface area contributed by atoms with E-state index >= 15 is 0 Å². The van der Waals surface area contributed by atoms with E-state index in [0.29, 0.717) is 12.0 Å². The quantitative estimate of drug-likeness (QED) is 0.923. The van der Waals surface area contributed by atoms with Crippen LogP contribution >= 0.6 is 12.4 Å². The molecule has 3 atom stereocenters. The Morgan fingerprint density at radius 1 is 1.14 bits per heavy atom. The number of halogens is 3. The van der Waals surface area contributed by atoms with Crippen molar-refractivity contribution in [1.29, 1.82) is 0 Å². The van der Waals surface area contributed by atoms with Crippen LogP contribution in [0.15, 0.2) is 24.3 Å². The van der Waals surface area contributed by atoms with Gasteiger partial charge >= 0.3 is 0 Å². The molecule has 1 heterocycles. The third-order valence-electron chi connectivity index (χ3n) is 4.87. The average Bonchev–Trinajstić information content (AvgIpc) is 2.83. The van der Waals surface area contributed by atoms with Gasteiger partial charge in [-0.25, -0.2) is 8.78 Å². The van der Waals surface area contributed by atoms with Gasteiger partial charge in [0.25, 0.3) is 6.43 Å². The number of fused-ring (bicyclic) bond motifs is 1. The number of nitrogens with zero attached hydrogens (tertiary/aromatic N) is 1. The summed E-state index contributed by atoms with van der Waals surface area (Å²) >= 11 is 0. The molecular formula is C16H23ClF2N2. The monoisotopic (exact) mass is 316 g/mol. The summed E-state index contributed by atoms with van der Waals surface area (Å²) in [7, 11) is 0. The maximum atomic E-state index is 12.5. The molecule has 0 radical (unpaired) electrons. The highest BCUT2D eigenvalue weighted by molar-refractivity contribution is 5.85. The van der Waals surface area contributed by atoms with Gasteiger partial charge in [-0.15, -0.1) is 12.4 Å². The number of alkyl halides is 2. The molecule has 3 rings (SSSR count). The first-order valence-corrected chi connectivity index (χ1v) is 7.48. The maximum Gasteiger partial charge on any atom is 0.263 e. The molecule has 1 aliphatic heterocycles. The van der Waals surface area contributed by atoms with Crippen molar-refractivity contribution in [3.63, 3.8) is 0 Å². The molecule has 0 amide bonds. The second-order valence-electron chi connectivity index (χ2n) is 6.26. The van der Waals surface area contributed by atoms with E-state index < -0.39 is 6.43 Å². The van der Waals surface area contributed by atoms with Gasteiger partial charge in [0.2, 0.25) is 0 Å². The van der Waals surface area contributed by atoms with Crippen LogP contribution in [0.2, 0.25) is 0 Å². The van der Waals surface area contributed by atoms with E-state index in [2.05, 4.69) is 4.90 Å². The van der Waals surface area contributed by atoms with E-state index in [-0.39, 0.29) is 18.0 Å². The summed E-state index contributed by atoms with van der Waals surface area (Å²) in [6.07, 6.45) is 1.31. The van der Waals surface area contributed by atoms with Crippen LogP contribution in [0.4, 0.5) is 8.78 Å². The van der Waals surface area contributed by atoms with Crippen LogP contribution in [0, 0.1) is 11.8 Å². The molecule has 3 unspecified atom stereocenters. The highest BCUT2D eigenvalue weighted by Crippen LogP contribution is 2.36. The minimum Gasteiger partial charge on any atom is -0.327 e. The lowest BCUT2D eigenvalue weighted by Crippen LogP contribution is -2.38. The summed E-state index contributed by atoms with van der Waals surface area (Å²) in [5.41, 5.74) is 7.43. The second-order valence-corrected chi connectivity index (χ2v) is 6.26. The molecule has 0 spiro atoms. The van der Waals surface area contributed by atoms with Crippen molar-refractivity contribution in [2.45, 2.75) is 38.3 Å². The number of nitrogens with two attached hydrogens (primary N) is 1. The first-order valence-electron chi connectivity index (χ1n) is 7.48. The van der Waals surface area contributed by atoms with Crippen LogP contribution in [-0.2, 0) is 6.54 Å². The fourth-order valence-electron chi connectivity index (χ4n) is 3.76. The summed E-state index contributed by atoms with van der Waals surface area (Å²) in [5, 5.41) is 0. The number of likely N-dealkylation sites (tertiary alicyclic amines) is 1. The van der Waals surface area contributed by atoms with Gasteiger partial charge in [0, 0.05) is 31.2 Å². The second kappa shape index (κ2) is 7.03. The molecule has 0 bridgehead atoms. The Hall–Kier alpha value is -0.710. The molecule has 0 aromatic heterocycles. The Kier molecular flexibility index (Phi) is 5.58. The topological polar surface area (TPSA) is 29.3 Å². The molecule has 5 heteroatoms. The Bertz CT molecular complexity index is 452. The molecule has 118 valence electrons. The SMILES string of the molecule is Cl.NC1CCCC2CN(Cc3ccc(C(F)F)cc3)CC12. The zero-order valence-corrected chi connectivity index (χ0v) is 12.9. The van der Waals surface area contributed by atoms with Crippen molar-refractivity contribution in [3.8, 4) is 0 Å². The van der Waals surface area contributed by atoms with E-state index in [1.165, 1.54) is 25.0 Å². The van der Waals surface area contributed by atoms with E-state index in [0.717, 1.165) is 37.5 Å². The minimum atomic E-state index is -2.38. The van der Waals surface area contributed by atoms with E-state index in [4.69, 9.17) is 5.73 Å². The molecule has 1 saturated carbocycles. The van der Waals surface area contributed by atoms with E-state index in [1.807, 2.05) is 12.1 Å². The smallest absolute Gasteiger partial charge is 0.263 e. The zero-order valence-electron chi connectivity index (χ0n) is 12.1. The van der Waals surface area contributed by atoms with Crippen molar-refractivity contribution < 1.29 is 8.78 Å². The summed E-state index contributed by atoms with van der Waals surface area (Å²) in [6, 6.07) is 7.07. The van der Waals surface area contributed by atoms with Crippen molar-refractivity contribution in [1.82, 2.24) is 4.90 Å². The molecule has 1 aromatic rings. The molecule has 2 aliphatic rings. The highest BCUT2D eigenvalue weighted by atomic mass is 35.5. The minimum absolute atomic E-state index is 0. The van der Waals surface area contributed by atoms with Gasteiger partial charge in [0.05, 0.1) is 0 Å². The number of rotatable bonds is 3. The first kappa shape index (κ1) is 16.7. The number of hydrogen-bond acceptors (Lipinski definition) is 2. The van der Waals surface area contributed by atoms with E-state index in [9.17, 15) is 8.78 Å². The Balaban J connectivity index is 0.00000161. The summed E-state index contributed by atoms with van der Waals surface area (Å²) in [6.45, 7) is 3.01. The van der Waals surface area contributed by atoms with Gasteiger partial charge in [0.15, 0.2) is 0 Å². The Labute approximate surface area is 131 Å². The summed E-state index contributed by atoms with van der Waals surface area (Å²) < 4.78 is 25.0.